The number of sulfonamides is 1. The van der Waals surface area contributed by atoms with E-state index < -0.39 is 33.7 Å². The standard InChI is InChI=1S/C15H28N2O5S/c1-3-4-5-13(15(19)20)16-14(18)10-23(21,22)17-12-8-6-11(2)7-9-12/h11-13,17H,3-10H2,1-2H3,(H,16,18)(H,19,20). The van der Waals surface area contributed by atoms with Gasteiger partial charge in [-0.05, 0) is 38.0 Å². The molecule has 1 saturated carbocycles. The highest BCUT2D eigenvalue weighted by Crippen LogP contribution is 2.23. The van der Waals surface area contributed by atoms with Crippen molar-refractivity contribution in [1.29, 1.82) is 0 Å². The Bertz CT molecular complexity index is 498. The van der Waals surface area contributed by atoms with E-state index in [1.165, 1.54) is 0 Å². The number of aliphatic carboxylic acids is 1. The fourth-order valence-electron chi connectivity index (χ4n) is 2.75. The summed E-state index contributed by atoms with van der Waals surface area (Å²) in [6, 6.07) is -1.16. The Kier molecular flexibility index (Phi) is 7.98. The van der Waals surface area contributed by atoms with Crippen molar-refractivity contribution in [1.82, 2.24) is 10.0 Å². The molecule has 0 heterocycles. The van der Waals surface area contributed by atoms with Crippen LogP contribution in [0.3, 0.4) is 0 Å². The Morgan fingerprint density at radius 1 is 1.22 bits per heavy atom. The summed E-state index contributed by atoms with van der Waals surface area (Å²) in [5.41, 5.74) is 0. The molecule has 0 aromatic carbocycles. The van der Waals surface area contributed by atoms with E-state index in [1.807, 2.05) is 6.92 Å². The second kappa shape index (κ2) is 9.22. The zero-order chi connectivity index (χ0) is 17.5. The summed E-state index contributed by atoms with van der Waals surface area (Å²) in [7, 11) is -3.74. The van der Waals surface area contributed by atoms with Crippen LogP contribution in [0.2, 0.25) is 0 Å². The molecule has 1 unspecified atom stereocenters. The zero-order valence-corrected chi connectivity index (χ0v) is 14.7. The number of nitrogens with one attached hydrogen (secondary N) is 2. The first-order chi connectivity index (χ1) is 10.7. The summed E-state index contributed by atoms with van der Waals surface area (Å²) < 4.78 is 26.6. The van der Waals surface area contributed by atoms with Gasteiger partial charge in [0.2, 0.25) is 15.9 Å². The van der Waals surface area contributed by atoms with Crippen molar-refractivity contribution in [2.45, 2.75) is 70.9 Å². The van der Waals surface area contributed by atoms with Crippen LogP contribution in [0.5, 0.6) is 0 Å². The molecule has 1 aliphatic carbocycles. The van der Waals surface area contributed by atoms with Crippen molar-refractivity contribution >= 4 is 21.9 Å². The Labute approximate surface area is 138 Å². The van der Waals surface area contributed by atoms with Gasteiger partial charge >= 0.3 is 5.97 Å². The number of carbonyl (C=O) groups excluding carboxylic acids is 1. The molecule has 0 bridgehead atoms. The molecule has 0 aromatic rings. The lowest BCUT2D eigenvalue weighted by molar-refractivity contribution is -0.141. The van der Waals surface area contributed by atoms with Gasteiger partial charge in [0.05, 0.1) is 0 Å². The van der Waals surface area contributed by atoms with E-state index in [-0.39, 0.29) is 6.04 Å². The lowest BCUT2D eigenvalue weighted by atomic mass is 9.88. The maximum absolute atomic E-state index is 12.0. The third-order valence-corrected chi connectivity index (χ3v) is 5.50. The summed E-state index contributed by atoms with van der Waals surface area (Å²) in [5.74, 6) is -2.04. The van der Waals surface area contributed by atoms with Crippen LogP contribution < -0.4 is 10.0 Å². The first-order valence-electron chi connectivity index (χ1n) is 8.25. The normalized spacial score (nSPS) is 23.2. The second-order valence-corrected chi connectivity index (χ2v) is 8.19. The van der Waals surface area contributed by atoms with Crippen molar-refractivity contribution in [3.63, 3.8) is 0 Å². The number of unbranched alkanes of at least 4 members (excludes halogenated alkanes) is 1. The first-order valence-corrected chi connectivity index (χ1v) is 9.91. The van der Waals surface area contributed by atoms with Crippen molar-refractivity contribution in [3.8, 4) is 0 Å². The number of carbonyl (C=O) groups is 2. The van der Waals surface area contributed by atoms with Crippen molar-refractivity contribution in [2.75, 3.05) is 5.75 Å². The third-order valence-electron chi connectivity index (χ3n) is 4.16. The molecule has 1 atom stereocenters. The Morgan fingerprint density at radius 3 is 2.35 bits per heavy atom. The number of rotatable bonds is 9. The molecule has 0 spiro atoms. The number of hydrogen-bond donors (Lipinski definition) is 3. The van der Waals surface area contributed by atoms with Crippen LogP contribution in [0, 0.1) is 5.92 Å². The van der Waals surface area contributed by atoms with Gasteiger partial charge in [0.15, 0.2) is 0 Å². The molecule has 1 amide bonds. The third kappa shape index (κ3) is 7.78. The van der Waals surface area contributed by atoms with Crippen LogP contribution in [0.4, 0.5) is 0 Å². The number of amides is 1. The monoisotopic (exact) mass is 348 g/mol. The van der Waals surface area contributed by atoms with Crippen molar-refractivity contribution in [3.05, 3.63) is 0 Å². The summed E-state index contributed by atoms with van der Waals surface area (Å²) >= 11 is 0. The minimum atomic E-state index is -3.74. The van der Waals surface area contributed by atoms with Gasteiger partial charge in [-0.2, -0.15) is 0 Å². The summed E-state index contributed by atoms with van der Waals surface area (Å²) in [6.45, 7) is 4.06. The topological polar surface area (TPSA) is 113 Å². The van der Waals surface area contributed by atoms with Crippen LogP contribution in [0.15, 0.2) is 0 Å². The minimum absolute atomic E-state index is 0.126. The zero-order valence-electron chi connectivity index (χ0n) is 13.9. The molecule has 3 N–H and O–H groups in total. The molecule has 1 rings (SSSR count). The molecular formula is C15H28N2O5S. The molecular weight excluding hydrogens is 320 g/mol. The Hall–Kier alpha value is -1.15. The van der Waals surface area contributed by atoms with E-state index >= 15 is 0 Å². The Morgan fingerprint density at radius 2 is 1.83 bits per heavy atom. The van der Waals surface area contributed by atoms with E-state index in [2.05, 4.69) is 17.0 Å². The highest BCUT2D eigenvalue weighted by Gasteiger charge is 2.26. The molecule has 1 fully saturated rings. The predicted molar refractivity (Wildman–Crippen MR) is 87.4 cm³/mol. The molecule has 0 radical (unpaired) electrons. The average molecular weight is 348 g/mol. The van der Waals surface area contributed by atoms with Gasteiger partial charge in [-0.3, -0.25) is 4.79 Å². The fourth-order valence-corrected chi connectivity index (χ4v) is 4.00. The van der Waals surface area contributed by atoms with Crippen LogP contribution in [-0.4, -0.2) is 43.2 Å². The van der Waals surface area contributed by atoms with Gasteiger partial charge in [-0.1, -0.05) is 26.7 Å². The van der Waals surface area contributed by atoms with E-state index in [9.17, 15) is 18.0 Å². The molecule has 1 aliphatic rings. The SMILES string of the molecule is CCCCC(NC(=O)CS(=O)(=O)NC1CCC(C)CC1)C(=O)O. The largest absolute Gasteiger partial charge is 0.480 e. The Balaban J connectivity index is 2.48. The van der Waals surface area contributed by atoms with E-state index in [1.54, 1.807) is 0 Å². The van der Waals surface area contributed by atoms with E-state index in [0.29, 0.717) is 18.8 Å². The van der Waals surface area contributed by atoms with Crippen LogP contribution in [0.1, 0.15) is 58.8 Å². The molecule has 0 aliphatic heterocycles. The molecule has 0 saturated heterocycles. The second-order valence-electron chi connectivity index (χ2n) is 6.43. The van der Waals surface area contributed by atoms with Gasteiger partial charge in [0, 0.05) is 6.04 Å². The van der Waals surface area contributed by atoms with Crippen LogP contribution in [0.25, 0.3) is 0 Å². The molecule has 23 heavy (non-hydrogen) atoms. The first kappa shape index (κ1) is 19.9. The smallest absolute Gasteiger partial charge is 0.326 e. The maximum atomic E-state index is 12.0. The summed E-state index contributed by atoms with van der Waals surface area (Å²) in [6.07, 6.45) is 5.25. The van der Waals surface area contributed by atoms with Gasteiger partial charge < -0.3 is 10.4 Å². The number of carboxylic acid groups (broad SMARTS) is 1. The van der Waals surface area contributed by atoms with E-state index in [4.69, 9.17) is 5.11 Å². The lowest BCUT2D eigenvalue weighted by Crippen LogP contribution is -2.46. The molecule has 134 valence electrons. The van der Waals surface area contributed by atoms with Gasteiger partial charge in [-0.25, -0.2) is 17.9 Å². The van der Waals surface area contributed by atoms with Gasteiger partial charge in [0.25, 0.3) is 0 Å². The number of carboxylic acids is 1. The van der Waals surface area contributed by atoms with E-state index in [0.717, 1.165) is 32.1 Å². The van der Waals surface area contributed by atoms with Gasteiger partial charge in [-0.15, -0.1) is 0 Å². The van der Waals surface area contributed by atoms with Crippen molar-refractivity contribution < 1.29 is 23.1 Å². The summed E-state index contributed by atoms with van der Waals surface area (Å²) in [4.78, 5) is 22.9. The quantitative estimate of drug-likeness (QED) is 0.580. The summed E-state index contributed by atoms with van der Waals surface area (Å²) in [5, 5.41) is 11.3. The molecule has 8 heteroatoms. The average Bonchev–Trinajstić information content (AvgIpc) is 2.44. The van der Waals surface area contributed by atoms with Crippen LogP contribution in [-0.2, 0) is 19.6 Å². The fraction of sp³-hybridized carbons (Fsp3) is 0.867. The molecule has 0 aromatic heterocycles. The highest BCUT2D eigenvalue weighted by atomic mass is 32.2. The molecule has 7 nitrogen and oxygen atoms in total. The van der Waals surface area contributed by atoms with Gasteiger partial charge in [0.1, 0.15) is 11.8 Å². The van der Waals surface area contributed by atoms with Crippen LogP contribution >= 0.6 is 0 Å². The maximum Gasteiger partial charge on any atom is 0.326 e. The minimum Gasteiger partial charge on any atom is -0.480 e. The highest BCUT2D eigenvalue weighted by molar-refractivity contribution is 7.90. The predicted octanol–water partition coefficient (Wildman–Crippen LogP) is 1.24. The van der Waals surface area contributed by atoms with Crippen molar-refractivity contribution in [2.24, 2.45) is 5.92 Å². The lowest BCUT2D eigenvalue weighted by Gasteiger charge is -2.26. The number of hydrogen-bond acceptors (Lipinski definition) is 4.